The van der Waals surface area contributed by atoms with Crippen molar-refractivity contribution in [2.24, 2.45) is 0 Å². The van der Waals surface area contributed by atoms with Crippen LogP contribution in [-0.4, -0.2) is 60.0 Å². The van der Waals surface area contributed by atoms with Crippen LogP contribution in [-0.2, 0) is 14.3 Å². The highest BCUT2D eigenvalue weighted by atomic mass is 16.5. The highest BCUT2D eigenvalue weighted by Crippen LogP contribution is 2.30. The molecule has 0 aromatic carbocycles. The van der Waals surface area contributed by atoms with E-state index in [1.54, 1.807) is 12.0 Å². The zero-order valence-corrected chi connectivity index (χ0v) is 11.5. The van der Waals surface area contributed by atoms with Crippen LogP contribution in [0.15, 0.2) is 0 Å². The van der Waals surface area contributed by atoms with E-state index in [0.717, 1.165) is 38.6 Å². The van der Waals surface area contributed by atoms with Crippen LogP contribution >= 0.6 is 0 Å². The number of amides is 2. The van der Waals surface area contributed by atoms with Gasteiger partial charge in [-0.2, -0.15) is 0 Å². The minimum Gasteiger partial charge on any atom is -0.381 e. The summed E-state index contributed by atoms with van der Waals surface area (Å²) in [4.78, 5) is 28.5. The number of methoxy groups -OCH3 is 1. The Balaban J connectivity index is 1.75. The van der Waals surface area contributed by atoms with Crippen molar-refractivity contribution in [2.75, 3.05) is 20.2 Å². The molecule has 2 heterocycles. The van der Waals surface area contributed by atoms with Crippen LogP contribution in [0.2, 0.25) is 0 Å². The molecule has 2 amide bonds. The van der Waals surface area contributed by atoms with Crippen molar-refractivity contribution in [3.63, 3.8) is 0 Å². The molecule has 3 unspecified atom stereocenters. The fourth-order valence-corrected chi connectivity index (χ4v) is 3.76. The maximum absolute atomic E-state index is 12.6. The van der Waals surface area contributed by atoms with E-state index in [2.05, 4.69) is 0 Å². The lowest BCUT2D eigenvalue weighted by Crippen LogP contribution is -2.47. The van der Waals surface area contributed by atoms with Gasteiger partial charge in [-0.1, -0.05) is 0 Å². The largest absolute Gasteiger partial charge is 0.381 e. The molecule has 1 aliphatic carbocycles. The zero-order chi connectivity index (χ0) is 13.4. The monoisotopic (exact) mass is 266 g/mol. The lowest BCUT2D eigenvalue weighted by atomic mass is 10.1. The summed E-state index contributed by atoms with van der Waals surface area (Å²) in [6, 6.07) is 0.0856. The first-order valence-corrected chi connectivity index (χ1v) is 7.33. The Labute approximate surface area is 113 Å². The predicted octanol–water partition coefficient (Wildman–Crippen LogP) is 0.777. The van der Waals surface area contributed by atoms with Gasteiger partial charge in [0, 0.05) is 32.7 Å². The second-order valence-electron chi connectivity index (χ2n) is 5.85. The van der Waals surface area contributed by atoms with E-state index in [1.807, 2.05) is 4.90 Å². The van der Waals surface area contributed by atoms with Gasteiger partial charge in [-0.15, -0.1) is 0 Å². The summed E-state index contributed by atoms with van der Waals surface area (Å²) >= 11 is 0. The minimum absolute atomic E-state index is 0.152. The summed E-state index contributed by atoms with van der Waals surface area (Å²) in [5.41, 5.74) is 0. The van der Waals surface area contributed by atoms with Crippen LogP contribution in [0.25, 0.3) is 0 Å². The second kappa shape index (κ2) is 5.12. The maximum Gasteiger partial charge on any atom is 0.245 e. The number of ether oxygens (including phenoxy) is 1. The van der Waals surface area contributed by atoms with Gasteiger partial charge in [-0.3, -0.25) is 9.59 Å². The summed E-state index contributed by atoms with van der Waals surface area (Å²) in [6.07, 6.45) is 5.50. The standard InChI is InChI=1S/C14H22N2O3/c1-19-11-5-4-10(9-11)15-8-6-13(17)16-7-2-3-12(16)14(15)18/h10-12H,2-9H2,1H3. The second-order valence-corrected chi connectivity index (χ2v) is 5.85. The van der Waals surface area contributed by atoms with Gasteiger partial charge in [0.05, 0.1) is 6.10 Å². The van der Waals surface area contributed by atoms with Gasteiger partial charge >= 0.3 is 0 Å². The average Bonchev–Trinajstić information content (AvgIpc) is 3.05. The SMILES string of the molecule is COC1CCC(N2CCC(=O)N3CCCC3C2=O)C1. The summed E-state index contributed by atoms with van der Waals surface area (Å²) < 4.78 is 5.39. The van der Waals surface area contributed by atoms with Gasteiger partial charge < -0.3 is 14.5 Å². The van der Waals surface area contributed by atoms with Gasteiger partial charge in [0.15, 0.2) is 0 Å². The zero-order valence-electron chi connectivity index (χ0n) is 11.5. The first-order chi connectivity index (χ1) is 9.20. The molecule has 1 saturated carbocycles. The predicted molar refractivity (Wildman–Crippen MR) is 69.5 cm³/mol. The Morgan fingerprint density at radius 3 is 2.68 bits per heavy atom. The van der Waals surface area contributed by atoms with Crippen molar-refractivity contribution in [1.29, 1.82) is 0 Å². The number of fused-ring (bicyclic) bond motifs is 1. The Bertz CT molecular complexity index is 385. The van der Waals surface area contributed by atoms with E-state index >= 15 is 0 Å². The summed E-state index contributed by atoms with van der Waals surface area (Å²) in [7, 11) is 1.74. The molecule has 2 aliphatic heterocycles. The van der Waals surface area contributed by atoms with Crippen molar-refractivity contribution >= 4 is 11.8 Å². The Hall–Kier alpha value is -1.10. The fourth-order valence-electron chi connectivity index (χ4n) is 3.76. The molecular weight excluding hydrogens is 244 g/mol. The summed E-state index contributed by atoms with van der Waals surface area (Å²) in [5, 5.41) is 0. The molecule has 0 N–H and O–H groups in total. The number of rotatable bonds is 2. The van der Waals surface area contributed by atoms with Crippen LogP contribution in [0, 0.1) is 0 Å². The van der Waals surface area contributed by atoms with Gasteiger partial charge in [-0.05, 0) is 32.1 Å². The normalized spacial score (nSPS) is 35.7. The molecule has 106 valence electrons. The van der Waals surface area contributed by atoms with Gasteiger partial charge in [0.25, 0.3) is 0 Å². The third-order valence-corrected chi connectivity index (χ3v) is 4.84. The molecule has 5 heteroatoms. The highest BCUT2D eigenvalue weighted by Gasteiger charge is 2.42. The number of hydrogen-bond donors (Lipinski definition) is 0. The van der Waals surface area contributed by atoms with E-state index < -0.39 is 0 Å². The highest BCUT2D eigenvalue weighted by molar-refractivity contribution is 5.90. The smallest absolute Gasteiger partial charge is 0.245 e. The lowest BCUT2D eigenvalue weighted by Gasteiger charge is -2.30. The van der Waals surface area contributed by atoms with Crippen molar-refractivity contribution < 1.29 is 14.3 Å². The first-order valence-electron chi connectivity index (χ1n) is 7.33. The first kappa shape index (κ1) is 12.9. The summed E-state index contributed by atoms with van der Waals surface area (Å²) in [5.74, 6) is 0.324. The van der Waals surface area contributed by atoms with Crippen molar-refractivity contribution in [3.8, 4) is 0 Å². The number of carbonyl (C=O) groups is 2. The number of hydrogen-bond acceptors (Lipinski definition) is 3. The van der Waals surface area contributed by atoms with E-state index in [4.69, 9.17) is 4.74 Å². The maximum atomic E-state index is 12.6. The Morgan fingerprint density at radius 1 is 1.11 bits per heavy atom. The molecule has 0 radical (unpaired) electrons. The van der Waals surface area contributed by atoms with E-state index in [-0.39, 0.29) is 30.0 Å². The van der Waals surface area contributed by atoms with Gasteiger partial charge in [0.2, 0.25) is 11.8 Å². The molecule has 5 nitrogen and oxygen atoms in total. The van der Waals surface area contributed by atoms with Gasteiger partial charge in [-0.25, -0.2) is 0 Å². The third-order valence-electron chi connectivity index (χ3n) is 4.84. The average molecular weight is 266 g/mol. The van der Waals surface area contributed by atoms with Crippen molar-refractivity contribution in [3.05, 3.63) is 0 Å². The van der Waals surface area contributed by atoms with Crippen molar-refractivity contribution in [1.82, 2.24) is 9.80 Å². The molecule has 3 rings (SSSR count). The molecule has 19 heavy (non-hydrogen) atoms. The lowest BCUT2D eigenvalue weighted by molar-refractivity contribution is -0.140. The van der Waals surface area contributed by atoms with Crippen LogP contribution < -0.4 is 0 Å². The Morgan fingerprint density at radius 2 is 1.95 bits per heavy atom. The minimum atomic E-state index is -0.184. The molecule has 3 fully saturated rings. The molecule has 3 atom stereocenters. The molecule has 0 bridgehead atoms. The van der Waals surface area contributed by atoms with E-state index in [9.17, 15) is 9.59 Å². The van der Waals surface area contributed by atoms with Crippen molar-refractivity contribution in [2.45, 2.75) is 56.7 Å². The third kappa shape index (κ3) is 2.24. The molecule has 0 aromatic rings. The quantitative estimate of drug-likeness (QED) is 0.742. The van der Waals surface area contributed by atoms with Crippen LogP contribution in [0.4, 0.5) is 0 Å². The van der Waals surface area contributed by atoms with E-state index in [1.165, 1.54) is 0 Å². The topological polar surface area (TPSA) is 49.9 Å². The molecule has 2 saturated heterocycles. The molecule has 0 aromatic heterocycles. The van der Waals surface area contributed by atoms with Crippen LogP contribution in [0.5, 0.6) is 0 Å². The number of carbonyl (C=O) groups excluding carboxylic acids is 2. The van der Waals surface area contributed by atoms with E-state index in [0.29, 0.717) is 13.0 Å². The number of nitrogens with zero attached hydrogens (tertiary/aromatic N) is 2. The molecule has 3 aliphatic rings. The van der Waals surface area contributed by atoms with Crippen LogP contribution in [0.3, 0.4) is 0 Å². The Kier molecular flexibility index (Phi) is 3.48. The molecular formula is C14H22N2O3. The molecule has 0 spiro atoms. The van der Waals surface area contributed by atoms with Gasteiger partial charge in [0.1, 0.15) is 6.04 Å². The van der Waals surface area contributed by atoms with Crippen LogP contribution in [0.1, 0.15) is 38.5 Å². The summed E-state index contributed by atoms with van der Waals surface area (Å²) in [6.45, 7) is 1.35. The fraction of sp³-hybridized carbons (Fsp3) is 0.857.